The number of imidazole rings is 1. The van der Waals surface area contributed by atoms with Gasteiger partial charge < -0.3 is 14.2 Å². The highest BCUT2D eigenvalue weighted by Crippen LogP contribution is 2.33. The Morgan fingerprint density at radius 3 is 2.80 bits per heavy atom. The molecule has 1 unspecified atom stereocenters. The number of carbonyl (C=O) groups excluding carboxylic acids is 1. The number of aromatic nitrogens is 2. The van der Waals surface area contributed by atoms with Crippen molar-refractivity contribution < 1.29 is 9.53 Å². The maximum absolute atomic E-state index is 11.8. The van der Waals surface area contributed by atoms with E-state index in [9.17, 15) is 4.79 Å². The molecule has 0 aromatic carbocycles. The van der Waals surface area contributed by atoms with Crippen LogP contribution in [0.25, 0.3) is 0 Å². The van der Waals surface area contributed by atoms with E-state index >= 15 is 0 Å². The van der Waals surface area contributed by atoms with Crippen LogP contribution >= 0.6 is 0 Å². The van der Waals surface area contributed by atoms with Gasteiger partial charge in [0.25, 0.3) is 0 Å². The van der Waals surface area contributed by atoms with Gasteiger partial charge in [0.1, 0.15) is 5.60 Å². The van der Waals surface area contributed by atoms with Crippen molar-refractivity contribution in [3.8, 4) is 0 Å². The number of ether oxygens (including phenoxy) is 1. The third-order valence-corrected chi connectivity index (χ3v) is 6.23. The molecule has 0 N–H and O–H groups in total. The Hall–Kier alpha value is -1.56. The highest BCUT2D eigenvalue weighted by molar-refractivity contribution is 5.70. The van der Waals surface area contributed by atoms with E-state index in [-0.39, 0.29) is 11.7 Å². The molecule has 4 rings (SSSR count). The van der Waals surface area contributed by atoms with Gasteiger partial charge in [-0.25, -0.2) is 9.78 Å². The molecule has 1 saturated carbocycles. The monoisotopic (exact) mass is 346 g/mol. The molecule has 2 saturated heterocycles. The Balaban J connectivity index is 1.39. The van der Waals surface area contributed by atoms with Crippen molar-refractivity contribution in [3.05, 3.63) is 18.2 Å². The molecule has 3 heterocycles. The summed E-state index contributed by atoms with van der Waals surface area (Å²) in [5, 5.41) is 0. The zero-order valence-electron chi connectivity index (χ0n) is 15.3. The van der Waals surface area contributed by atoms with Gasteiger partial charge in [-0.15, -0.1) is 0 Å². The lowest BCUT2D eigenvalue weighted by Gasteiger charge is -2.27. The number of carbonyl (C=O) groups is 1. The van der Waals surface area contributed by atoms with Crippen LogP contribution in [0, 0.1) is 0 Å². The number of nitrogens with zero attached hydrogens (tertiary/aromatic N) is 4. The highest BCUT2D eigenvalue weighted by Gasteiger charge is 2.44. The first-order valence-corrected chi connectivity index (χ1v) is 9.82. The maximum Gasteiger partial charge on any atom is 0.410 e. The average Bonchev–Trinajstić information content (AvgIpc) is 3.12. The predicted octanol–water partition coefficient (Wildman–Crippen LogP) is 3.20. The number of likely N-dealkylation sites (tertiary alicyclic amines) is 1. The number of likely N-dealkylation sites (N-methyl/N-ethyl adjacent to an activating group) is 1. The van der Waals surface area contributed by atoms with Gasteiger partial charge in [0, 0.05) is 38.8 Å². The van der Waals surface area contributed by atoms with Crippen LogP contribution in [0.4, 0.5) is 4.79 Å². The Morgan fingerprint density at radius 2 is 2.04 bits per heavy atom. The third kappa shape index (κ3) is 3.54. The van der Waals surface area contributed by atoms with E-state index in [4.69, 9.17) is 4.74 Å². The van der Waals surface area contributed by atoms with Crippen molar-refractivity contribution >= 4 is 6.09 Å². The molecule has 0 bridgehead atoms. The Labute approximate surface area is 150 Å². The van der Waals surface area contributed by atoms with Crippen LogP contribution in [-0.4, -0.2) is 57.7 Å². The van der Waals surface area contributed by atoms with Crippen molar-refractivity contribution in [3.63, 3.8) is 0 Å². The van der Waals surface area contributed by atoms with Gasteiger partial charge in [0.2, 0.25) is 0 Å². The van der Waals surface area contributed by atoms with Gasteiger partial charge in [-0.2, -0.15) is 0 Å². The largest absolute Gasteiger partial charge is 0.441 e. The molecule has 1 aromatic heterocycles. The number of hydrogen-bond acceptors (Lipinski definition) is 4. The second kappa shape index (κ2) is 6.98. The van der Waals surface area contributed by atoms with Gasteiger partial charge in [-0.3, -0.25) is 4.90 Å². The van der Waals surface area contributed by atoms with Crippen LogP contribution in [0.3, 0.4) is 0 Å². The van der Waals surface area contributed by atoms with E-state index in [2.05, 4.69) is 14.5 Å². The molecule has 25 heavy (non-hydrogen) atoms. The van der Waals surface area contributed by atoms with Crippen molar-refractivity contribution in [2.45, 2.75) is 69.6 Å². The molecule has 1 aromatic rings. The van der Waals surface area contributed by atoms with Gasteiger partial charge in [0.05, 0.1) is 18.6 Å². The smallest absolute Gasteiger partial charge is 0.410 e. The predicted molar refractivity (Wildman–Crippen MR) is 95.3 cm³/mol. The lowest BCUT2D eigenvalue weighted by molar-refractivity contribution is 0.0442. The van der Waals surface area contributed by atoms with Crippen LogP contribution in [0.1, 0.15) is 63.1 Å². The fraction of sp³-hybridized carbons (Fsp3) is 0.789. The molecular formula is C19H30N4O2. The number of hydrogen-bond donors (Lipinski definition) is 0. The van der Waals surface area contributed by atoms with Gasteiger partial charge in [-0.1, -0.05) is 19.3 Å². The van der Waals surface area contributed by atoms with Gasteiger partial charge >= 0.3 is 6.09 Å². The van der Waals surface area contributed by atoms with E-state index in [0.717, 1.165) is 45.4 Å². The zero-order chi connectivity index (χ0) is 17.3. The SMILES string of the molecule is CN1CC2(CCCN(Cc3cncn3C3CCCCC3)CC2)OC1=O. The summed E-state index contributed by atoms with van der Waals surface area (Å²) in [6, 6.07) is 0.633. The first-order valence-electron chi connectivity index (χ1n) is 9.82. The summed E-state index contributed by atoms with van der Waals surface area (Å²) in [5.41, 5.74) is 1.08. The minimum Gasteiger partial charge on any atom is -0.441 e. The zero-order valence-corrected chi connectivity index (χ0v) is 15.3. The summed E-state index contributed by atoms with van der Waals surface area (Å²) < 4.78 is 8.15. The highest BCUT2D eigenvalue weighted by atomic mass is 16.6. The fourth-order valence-electron chi connectivity index (χ4n) is 4.81. The second-order valence-corrected chi connectivity index (χ2v) is 8.12. The minimum absolute atomic E-state index is 0.163. The van der Waals surface area contributed by atoms with Gasteiger partial charge in [0.15, 0.2) is 0 Å². The van der Waals surface area contributed by atoms with Crippen LogP contribution in [0.2, 0.25) is 0 Å². The third-order valence-electron chi connectivity index (χ3n) is 6.23. The standard InChI is InChI=1S/C19H30N4O2/c1-21-14-19(25-18(21)24)8-5-10-22(11-9-19)13-17-12-20-15-23(17)16-6-3-2-4-7-16/h12,15-16H,2-11,13-14H2,1H3. The summed E-state index contributed by atoms with van der Waals surface area (Å²) in [7, 11) is 1.84. The van der Waals surface area contributed by atoms with E-state index in [1.807, 2.05) is 19.6 Å². The Morgan fingerprint density at radius 1 is 1.20 bits per heavy atom. The van der Waals surface area contributed by atoms with Crippen LogP contribution in [0.15, 0.2) is 12.5 Å². The van der Waals surface area contributed by atoms with Crippen LogP contribution in [0.5, 0.6) is 0 Å². The molecular weight excluding hydrogens is 316 g/mol. The van der Waals surface area contributed by atoms with Crippen molar-refractivity contribution in [1.82, 2.24) is 19.4 Å². The summed E-state index contributed by atoms with van der Waals surface area (Å²) >= 11 is 0. The average molecular weight is 346 g/mol. The Kier molecular flexibility index (Phi) is 4.71. The van der Waals surface area contributed by atoms with Crippen LogP contribution < -0.4 is 0 Å². The molecule has 2 aliphatic heterocycles. The summed E-state index contributed by atoms with van der Waals surface area (Å²) in [6.07, 6.45) is 13.5. The molecule has 0 radical (unpaired) electrons. The molecule has 3 aliphatic rings. The first kappa shape index (κ1) is 16.9. The first-order chi connectivity index (χ1) is 12.2. The summed E-state index contributed by atoms with van der Waals surface area (Å²) in [5.74, 6) is 0. The molecule has 1 aliphatic carbocycles. The van der Waals surface area contributed by atoms with Gasteiger partial charge in [-0.05, 0) is 32.2 Å². The molecule has 6 heteroatoms. The lowest BCUT2D eigenvalue weighted by Crippen LogP contribution is -2.35. The van der Waals surface area contributed by atoms with E-state index < -0.39 is 0 Å². The van der Waals surface area contributed by atoms with E-state index in [1.165, 1.54) is 37.8 Å². The molecule has 3 fully saturated rings. The molecule has 1 spiro atoms. The van der Waals surface area contributed by atoms with Crippen LogP contribution in [-0.2, 0) is 11.3 Å². The quantitative estimate of drug-likeness (QED) is 0.843. The van der Waals surface area contributed by atoms with E-state index in [0.29, 0.717) is 6.04 Å². The number of rotatable bonds is 3. The van der Waals surface area contributed by atoms with Crippen molar-refractivity contribution in [2.24, 2.45) is 0 Å². The maximum atomic E-state index is 11.8. The number of amides is 1. The normalized spacial score (nSPS) is 29.2. The molecule has 1 amide bonds. The lowest BCUT2D eigenvalue weighted by atomic mass is 9.95. The van der Waals surface area contributed by atoms with E-state index in [1.54, 1.807) is 4.90 Å². The molecule has 6 nitrogen and oxygen atoms in total. The fourth-order valence-corrected chi connectivity index (χ4v) is 4.81. The minimum atomic E-state index is -0.260. The summed E-state index contributed by atoms with van der Waals surface area (Å²) in [4.78, 5) is 20.5. The molecule has 1 atom stereocenters. The van der Waals surface area contributed by atoms with Crippen molar-refractivity contribution in [1.29, 1.82) is 0 Å². The second-order valence-electron chi connectivity index (χ2n) is 8.12. The molecule has 138 valence electrons. The Bertz CT molecular complexity index is 610. The van der Waals surface area contributed by atoms with Crippen molar-refractivity contribution in [2.75, 3.05) is 26.7 Å². The summed E-state index contributed by atoms with van der Waals surface area (Å²) in [6.45, 7) is 3.74. The topological polar surface area (TPSA) is 50.6 Å².